The molecule has 3 aromatic carbocycles. The number of nitrogens with zero attached hydrogens (tertiary/aromatic N) is 1. The van der Waals surface area contributed by atoms with E-state index < -0.39 is 0 Å². The maximum atomic E-state index is 12.6. The molecule has 7 nitrogen and oxygen atoms in total. The summed E-state index contributed by atoms with van der Waals surface area (Å²) < 4.78 is 16.9. The van der Waals surface area contributed by atoms with Crippen LogP contribution in [0.3, 0.4) is 0 Å². The zero-order chi connectivity index (χ0) is 24.6. The fraction of sp³-hybridized carbons (Fsp3) is 0.259. The van der Waals surface area contributed by atoms with Crippen LogP contribution in [0.5, 0.6) is 17.2 Å². The number of benzene rings is 3. The first-order valence-electron chi connectivity index (χ1n) is 11.4. The maximum absolute atomic E-state index is 12.6. The first-order chi connectivity index (χ1) is 17.0. The lowest BCUT2D eigenvalue weighted by Crippen LogP contribution is -2.39. The molecule has 0 radical (unpaired) electrons. The molecule has 0 aromatic heterocycles. The highest BCUT2D eigenvalue weighted by atomic mass is 35.5. The van der Waals surface area contributed by atoms with Crippen molar-refractivity contribution in [3.05, 3.63) is 77.3 Å². The minimum atomic E-state index is -0.340. The third-order valence-electron chi connectivity index (χ3n) is 5.51. The molecule has 1 aliphatic heterocycles. The Hall–Kier alpha value is -3.71. The van der Waals surface area contributed by atoms with Crippen molar-refractivity contribution in [2.45, 2.75) is 19.8 Å². The van der Waals surface area contributed by atoms with Crippen LogP contribution in [0.4, 0.5) is 11.4 Å². The van der Waals surface area contributed by atoms with Crippen LogP contribution in [0.2, 0.25) is 5.02 Å². The van der Waals surface area contributed by atoms with Crippen LogP contribution in [-0.4, -0.2) is 38.2 Å². The summed E-state index contributed by atoms with van der Waals surface area (Å²) in [4.78, 5) is 26.6. The molecular formula is C27H27ClN2O5. The second-order valence-corrected chi connectivity index (χ2v) is 8.51. The molecule has 0 atom stereocenters. The molecule has 3 aromatic rings. The molecule has 4 rings (SSSR count). The van der Waals surface area contributed by atoms with Crippen molar-refractivity contribution in [2.75, 3.05) is 36.6 Å². The molecule has 1 aliphatic rings. The zero-order valence-electron chi connectivity index (χ0n) is 19.5. The van der Waals surface area contributed by atoms with Crippen LogP contribution in [0.15, 0.2) is 66.7 Å². The summed E-state index contributed by atoms with van der Waals surface area (Å²) in [5.41, 5.74) is 2.27. The van der Waals surface area contributed by atoms with Gasteiger partial charge in [-0.05, 0) is 61.7 Å². The Kier molecular flexibility index (Phi) is 8.11. The van der Waals surface area contributed by atoms with Gasteiger partial charge in [0.05, 0.1) is 17.3 Å². The van der Waals surface area contributed by atoms with E-state index in [4.69, 9.17) is 25.8 Å². The highest BCUT2D eigenvalue weighted by Gasteiger charge is 2.25. The Balaban J connectivity index is 1.32. The predicted octanol–water partition coefficient (Wildman–Crippen LogP) is 5.25. The summed E-state index contributed by atoms with van der Waals surface area (Å²) >= 11 is 6.06. The molecule has 8 heteroatoms. The number of anilines is 2. The minimum absolute atomic E-state index is 0.00983. The second-order valence-electron chi connectivity index (χ2n) is 8.10. The first kappa shape index (κ1) is 24.4. The summed E-state index contributed by atoms with van der Waals surface area (Å²) in [5, 5.41) is 3.23. The number of para-hydroxylation sites is 2. The van der Waals surface area contributed by atoms with Crippen LogP contribution in [0.1, 0.15) is 18.4 Å². The Bertz CT molecular complexity index is 1200. The maximum Gasteiger partial charge on any atom is 0.265 e. The molecule has 35 heavy (non-hydrogen) atoms. The largest absolute Gasteiger partial charge is 0.493 e. The molecule has 0 saturated heterocycles. The lowest BCUT2D eigenvalue weighted by Gasteiger charge is -2.30. The number of halogens is 1. The Morgan fingerprint density at radius 2 is 1.80 bits per heavy atom. The van der Waals surface area contributed by atoms with Crippen molar-refractivity contribution in [2.24, 2.45) is 0 Å². The lowest BCUT2D eigenvalue weighted by atomic mass is 10.2. The molecule has 0 saturated carbocycles. The number of amides is 2. The fourth-order valence-corrected chi connectivity index (χ4v) is 3.89. The van der Waals surface area contributed by atoms with Crippen molar-refractivity contribution in [3.8, 4) is 17.2 Å². The van der Waals surface area contributed by atoms with Crippen molar-refractivity contribution in [3.63, 3.8) is 0 Å². The average Bonchev–Trinajstić information content (AvgIpc) is 2.85. The van der Waals surface area contributed by atoms with Gasteiger partial charge in [-0.15, -0.1) is 0 Å². The van der Waals surface area contributed by atoms with E-state index in [1.165, 1.54) is 0 Å². The van der Waals surface area contributed by atoms with E-state index in [2.05, 4.69) is 5.32 Å². The normalized spacial score (nSPS) is 12.5. The molecule has 0 aliphatic carbocycles. The number of hydrogen-bond donors (Lipinski definition) is 1. The third kappa shape index (κ3) is 6.45. The van der Waals surface area contributed by atoms with E-state index in [0.29, 0.717) is 41.0 Å². The molecule has 1 N–H and O–H groups in total. The summed E-state index contributed by atoms with van der Waals surface area (Å²) in [6.45, 7) is 2.90. The first-order valence-corrected chi connectivity index (χ1v) is 11.8. The molecule has 0 fully saturated rings. The average molecular weight is 495 g/mol. The van der Waals surface area contributed by atoms with Crippen LogP contribution < -0.4 is 24.4 Å². The van der Waals surface area contributed by atoms with E-state index in [-0.39, 0.29) is 25.0 Å². The van der Waals surface area contributed by atoms with Gasteiger partial charge in [0.2, 0.25) is 0 Å². The van der Waals surface area contributed by atoms with Crippen molar-refractivity contribution in [1.29, 1.82) is 0 Å². The van der Waals surface area contributed by atoms with Gasteiger partial charge < -0.3 is 24.4 Å². The predicted molar refractivity (Wildman–Crippen MR) is 136 cm³/mol. The summed E-state index contributed by atoms with van der Waals surface area (Å²) in [6, 6.07) is 20.1. The van der Waals surface area contributed by atoms with E-state index >= 15 is 0 Å². The number of fused-ring (bicyclic) bond motifs is 1. The van der Waals surface area contributed by atoms with Gasteiger partial charge in [0.1, 0.15) is 17.2 Å². The number of rotatable bonds is 10. The minimum Gasteiger partial charge on any atom is -0.493 e. The quantitative estimate of drug-likeness (QED) is 0.389. The fourth-order valence-electron chi connectivity index (χ4n) is 3.70. The van der Waals surface area contributed by atoms with E-state index in [1.54, 1.807) is 47.4 Å². The standard InChI is InChI=1S/C27H27ClN2O5/c1-19-8-2-4-10-23(19)33-15-7-6-14-30-22-16-20(12-13-25(22)35-18-27(30)32)29-26(31)17-34-24-11-5-3-9-21(24)28/h2-5,8-13,16H,6-7,14-15,17-18H2,1H3,(H,29,31). The highest BCUT2D eigenvalue weighted by Crippen LogP contribution is 2.35. The van der Waals surface area contributed by atoms with Crippen LogP contribution in [0, 0.1) is 6.92 Å². The Labute approximate surface area is 209 Å². The summed E-state index contributed by atoms with van der Waals surface area (Å²) in [6.07, 6.45) is 1.56. The second kappa shape index (κ2) is 11.6. The van der Waals surface area contributed by atoms with E-state index in [0.717, 1.165) is 24.2 Å². The number of ether oxygens (including phenoxy) is 3. The molecule has 1 heterocycles. The number of hydrogen-bond acceptors (Lipinski definition) is 5. The Morgan fingerprint density at radius 3 is 2.60 bits per heavy atom. The smallest absolute Gasteiger partial charge is 0.265 e. The van der Waals surface area contributed by atoms with Gasteiger partial charge in [-0.1, -0.05) is 41.9 Å². The van der Waals surface area contributed by atoms with Crippen molar-refractivity contribution < 1.29 is 23.8 Å². The zero-order valence-corrected chi connectivity index (χ0v) is 20.2. The third-order valence-corrected chi connectivity index (χ3v) is 5.82. The number of unbranched alkanes of at least 4 members (excludes halogenated alkanes) is 1. The van der Waals surface area contributed by atoms with Gasteiger partial charge in [0.15, 0.2) is 13.2 Å². The van der Waals surface area contributed by atoms with Gasteiger partial charge in [-0.3, -0.25) is 9.59 Å². The number of nitrogens with one attached hydrogen (secondary N) is 1. The molecule has 0 bridgehead atoms. The topological polar surface area (TPSA) is 77.1 Å². The molecule has 0 unspecified atom stereocenters. The van der Waals surface area contributed by atoms with Gasteiger partial charge in [0.25, 0.3) is 11.8 Å². The molecule has 182 valence electrons. The molecule has 0 spiro atoms. The Morgan fingerprint density at radius 1 is 1.03 bits per heavy atom. The van der Waals surface area contributed by atoms with Crippen LogP contribution >= 0.6 is 11.6 Å². The molecular weight excluding hydrogens is 468 g/mol. The number of carbonyl (C=O) groups is 2. The number of carbonyl (C=O) groups excluding carboxylic acids is 2. The van der Waals surface area contributed by atoms with E-state index in [9.17, 15) is 9.59 Å². The van der Waals surface area contributed by atoms with Gasteiger partial charge >= 0.3 is 0 Å². The van der Waals surface area contributed by atoms with Gasteiger partial charge in [-0.2, -0.15) is 0 Å². The SMILES string of the molecule is Cc1ccccc1OCCCCN1C(=O)COc2ccc(NC(=O)COc3ccccc3Cl)cc21. The van der Waals surface area contributed by atoms with Gasteiger partial charge in [-0.25, -0.2) is 0 Å². The van der Waals surface area contributed by atoms with Crippen molar-refractivity contribution >= 4 is 34.8 Å². The van der Waals surface area contributed by atoms with Crippen molar-refractivity contribution in [1.82, 2.24) is 0 Å². The van der Waals surface area contributed by atoms with E-state index in [1.807, 2.05) is 31.2 Å². The molecule has 2 amide bonds. The summed E-state index contributed by atoms with van der Waals surface area (Å²) in [7, 11) is 0. The van der Waals surface area contributed by atoms with Crippen LogP contribution in [-0.2, 0) is 9.59 Å². The monoisotopic (exact) mass is 494 g/mol. The summed E-state index contributed by atoms with van der Waals surface area (Å²) in [5.74, 6) is 1.45. The highest BCUT2D eigenvalue weighted by molar-refractivity contribution is 6.32. The lowest BCUT2D eigenvalue weighted by molar-refractivity contribution is -0.121. The van der Waals surface area contributed by atoms with Crippen LogP contribution in [0.25, 0.3) is 0 Å². The number of aryl methyl sites for hydroxylation is 1. The van der Waals surface area contributed by atoms with Gasteiger partial charge in [0, 0.05) is 12.2 Å².